The van der Waals surface area contributed by atoms with Crippen molar-refractivity contribution >= 4 is 17.7 Å². The molecule has 1 fully saturated rings. The molecule has 0 spiro atoms. The first kappa shape index (κ1) is 71.2. The van der Waals surface area contributed by atoms with E-state index in [2.05, 4.69) is 66.4 Å². The number of carbonyl (C=O) groups excluding carboxylic acids is 3. The van der Waals surface area contributed by atoms with Crippen LogP contribution in [0, 0.1) is 5.92 Å². The number of ether oxygens (including phenoxy) is 1. The minimum absolute atomic E-state index is 0.0683. The zero-order chi connectivity index (χ0) is 54.3. The molecule has 0 saturated carbocycles. The molecular formula is C67H130N4O4. The summed E-state index contributed by atoms with van der Waals surface area (Å²) in [5.74, 6) is 1.09. The molecule has 1 aliphatic heterocycles. The first-order chi connectivity index (χ1) is 36.9. The molecule has 8 heteroatoms. The highest BCUT2D eigenvalue weighted by Crippen LogP contribution is 2.23. The fourth-order valence-corrected chi connectivity index (χ4v) is 11.1. The van der Waals surface area contributed by atoms with Crippen LogP contribution in [0.2, 0.25) is 0 Å². The molecule has 0 aromatic carbocycles. The first-order valence-electron chi connectivity index (χ1n) is 33.6. The summed E-state index contributed by atoms with van der Waals surface area (Å²) in [7, 11) is 0. The highest BCUT2D eigenvalue weighted by Gasteiger charge is 2.25. The Bertz CT molecular complexity index is 1250. The standard InChI is InChI=1S/C67H130N4O4/c1-6-11-16-21-26-27-28-29-30-35-40-44-54-69(56-46-61-75-67(74)47-41-36-31-22-17-12-7-2)62-65(72)49-48-64-50-57-71(58-51-64)66(73)63-70(55-45-39-34-25-20-15-10-5)60-59-68(52-42-37-32-23-18-13-8-3)53-43-38-33-24-19-14-9-4/h21,26,64H,6-20,22-25,27-63H2,1-5H3/b26-21-. The molecule has 0 bridgehead atoms. The maximum atomic E-state index is 14.0. The van der Waals surface area contributed by atoms with Gasteiger partial charge in [-0.2, -0.15) is 0 Å². The van der Waals surface area contributed by atoms with E-state index in [9.17, 15) is 14.4 Å². The molecule has 1 heterocycles. The van der Waals surface area contributed by atoms with Gasteiger partial charge in [0.05, 0.1) is 19.7 Å². The van der Waals surface area contributed by atoms with Gasteiger partial charge < -0.3 is 14.5 Å². The summed E-state index contributed by atoms with van der Waals surface area (Å²) in [4.78, 5) is 49.9. The summed E-state index contributed by atoms with van der Waals surface area (Å²) in [5, 5.41) is 0. The van der Waals surface area contributed by atoms with Gasteiger partial charge in [0.15, 0.2) is 0 Å². The second kappa shape index (κ2) is 55.5. The van der Waals surface area contributed by atoms with Gasteiger partial charge in [-0.15, -0.1) is 0 Å². The zero-order valence-electron chi connectivity index (χ0n) is 51.3. The van der Waals surface area contributed by atoms with Gasteiger partial charge >= 0.3 is 5.97 Å². The Hall–Kier alpha value is -1.77. The molecule has 0 radical (unpaired) electrons. The molecule has 75 heavy (non-hydrogen) atoms. The Kier molecular flexibility index (Phi) is 52.8. The second-order valence-electron chi connectivity index (χ2n) is 23.6. The maximum absolute atomic E-state index is 14.0. The predicted octanol–water partition coefficient (Wildman–Crippen LogP) is 18.3. The van der Waals surface area contributed by atoms with Crippen LogP contribution in [0.3, 0.4) is 0 Å². The third-order valence-corrected chi connectivity index (χ3v) is 16.4. The molecule has 1 saturated heterocycles. The van der Waals surface area contributed by atoms with E-state index in [0.29, 0.717) is 50.1 Å². The van der Waals surface area contributed by atoms with E-state index in [1.807, 2.05) is 0 Å². The van der Waals surface area contributed by atoms with Crippen molar-refractivity contribution in [3.05, 3.63) is 12.2 Å². The third kappa shape index (κ3) is 46.8. The van der Waals surface area contributed by atoms with Gasteiger partial charge in [-0.1, -0.05) is 239 Å². The summed E-state index contributed by atoms with van der Waals surface area (Å²) >= 11 is 0. The molecule has 0 unspecified atom stereocenters. The van der Waals surface area contributed by atoms with Crippen molar-refractivity contribution in [3.63, 3.8) is 0 Å². The zero-order valence-corrected chi connectivity index (χ0v) is 51.3. The van der Waals surface area contributed by atoms with Crippen LogP contribution in [-0.2, 0) is 19.1 Å². The number of allylic oxidation sites excluding steroid dienone is 2. The minimum atomic E-state index is -0.0683. The van der Waals surface area contributed by atoms with Crippen molar-refractivity contribution < 1.29 is 19.1 Å². The van der Waals surface area contributed by atoms with Crippen LogP contribution in [0.25, 0.3) is 0 Å². The lowest BCUT2D eigenvalue weighted by Gasteiger charge is -2.34. The largest absolute Gasteiger partial charge is 0.466 e. The smallest absolute Gasteiger partial charge is 0.305 e. The van der Waals surface area contributed by atoms with Crippen molar-refractivity contribution in [2.45, 2.75) is 317 Å². The lowest BCUT2D eigenvalue weighted by Crippen LogP contribution is -2.46. The number of rotatable bonds is 58. The third-order valence-electron chi connectivity index (χ3n) is 16.4. The number of ketones is 1. The van der Waals surface area contributed by atoms with Crippen LogP contribution >= 0.6 is 0 Å². The number of carbonyl (C=O) groups is 3. The second-order valence-corrected chi connectivity index (χ2v) is 23.6. The number of Topliss-reactive ketones (excluding diaryl/α,β-unsaturated/α-hetero) is 1. The average Bonchev–Trinajstić information content (AvgIpc) is 3.41. The number of piperidine rings is 1. The molecule has 0 aliphatic carbocycles. The number of hydrogen-bond donors (Lipinski definition) is 0. The van der Waals surface area contributed by atoms with Crippen LogP contribution in [0.15, 0.2) is 12.2 Å². The van der Waals surface area contributed by atoms with E-state index in [1.165, 1.54) is 238 Å². The number of likely N-dealkylation sites (tertiary alicyclic amines) is 1. The highest BCUT2D eigenvalue weighted by molar-refractivity contribution is 5.80. The van der Waals surface area contributed by atoms with Gasteiger partial charge in [0.1, 0.15) is 5.78 Å². The van der Waals surface area contributed by atoms with Gasteiger partial charge in [-0.25, -0.2) is 0 Å². The quantitative estimate of drug-likeness (QED) is 0.0341. The number of esters is 1. The molecule has 1 aliphatic rings. The summed E-state index contributed by atoms with van der Waals surface area (Å²) in [6, 6.07) is 0. The van der Waals surface area contributed by atoms with Crippen molar-refractivity contribution in [1.29, 1.82) is 0 Å². The summed E-state index contributed by atoms with van der Waals surface area (Å²) in [5.41, 5.74) is 0. The van der Waals surface area contributed by atoms with E-state index in [0.717, 1.165) is 90.8 Å². The SMILES string of the molecule is CCCC/C=C\CCCCCCCCN(CCCOC(=O)CCCCCCCCC)CC(=O)CCC1CCN(C(=O)CN(CCCCCCCCC)CCN(CCCCCCCCC)CCCCCCCCC)CC1. The van der Waals surface area contributed by atoms with Crippen molar-refractivity contribution in [3.8, 4) is 0 Å². The molecule has 8 nitrogen and oxygen atoms in total. The summed E-state index contributed by atoms with van der Waals surface area (Å²) in [6.07, 6.45) is 58.4. The molecule has 442 valence electrons. The van der Waals surface area contributed by atoms with Crippen LogP contribution in [0.1, 0.15) is 317 Å². The first-order valence-corrected chi connectivity index (χ1v) is 33.6. The normalized spacial score (nSPS) is 13.4. The van der Waals surface area contributed by atoms with E-state index >= 15 is 0 Å². The summed E-state index contributed by atoms with van der Waals surface area (Å²) in [6.45, 7) is 21.8. The number of unbranched alkanes of at least 4 members (excludes halogenated alkanes) is 32. The number of nitrogens with zero attached hydrogens (tertiary/aromatic N) is 4. The Balaban J connectivity index is 2.72. The van der Waals surface area contributed by atoms with E-state index in [4.69, 9.17) is 4.74 Å². The molecule has 0 aromatic rings. The predicted molar refractivity (Wildman–Crippen MR) is 326 cm³/mol. The Morgan fingerprint density at radius 3 is 1.25 bits per heavy atom. The highest BCUT2D eigenvalue weighted by atomic mass is 16.5. The van der Waals surface area contributed by atoms with Crippen molar-refractivity contribution in [2.24, 2.45) is 5.92 Å². The number of hydrogen-bond acceptors (Lipinski definition) is 7. The fourth-order valence-electron chi connectivity index (χ4n) is 11.1. The van der Waals surface area contributed by atoms with E-state index < -0.39 is 0 Å². The molecule has 1 rings (SSSR count). The minimum Gasteiger partial charge on any atom is -0.466 e. The van der Waals surface area contributed by atoms with Gasteiger partial charge in [0, 0.05) is 45.6 Å². The Morgan fingerprint density at radius 2 is 0.773 bits per heavy atom. The van der Waals surface area contributed by atoms with Crippen LogP contribution in [0.4, 0.5) is 0 Å². The fraction of sp³-hybridized carbons (Fsp3) is 0.925. The van der Waals surface area contributed by atoms with Crippen LogP contribution in [0.5, 0.6) is 0 Å². The lowest BCUT2D eigenvalue weighted by atomic mass is 9.91. The molecule has 0 aromatic heterocycles. The summed E-state index contributed by atoms with van der Waals surface area (Å²) < 4.78 is 5.66. The van der Waals surface area contributed by atoms with Crippen molar-refractivity contribution in [2.75, 3.05) is 78.6 Å². The molecule has 0 N–H and O–H groups in total. The Morgan fingerprint density at radius 1 is 0.400 bits per heavy atom. The van der Waals surface area contributed by atoms with Gasteiger partial charge in [-0.05, 0) is 109 Å². The topological polar surface area (TPSA) is 73.4 Å². The molecular weight excluding hydrogens is 925 g/mol. The van der Waals surface area contributed by atoms with E-state index in [1.54, 1.807) is 0 Å². The molecule has 0 atom stereocenters. The monoisotopic (exact) mass is 1060 g/mol. The van der Waals surface area contributed by atoms with Gasteiger partial charge in [-0.3, -0.25) is 24.2 Å². The van der Waals surface area contributed by atoms with Gasteiger partial charge in [0.25, 0.3) is 0 Å². The lowest BCUT2D eigenvalue weighted by molar-refractivity contribution is -0.144. The van der Waals surface area contributed by atoms with Crippen molar-refractivity contribution in [1.82, 2.24) is 19.6 Å². The Labute approximate surface area is 468 Å². The maximum Gasteiger partial charge on any atom is 0.305 e. The number of amides is 1. The van der Waals surface area contributed by atoms with Crippen LogP contribution in [-0.4, -0.2) is 116 Å². The van der Waals surface area contributed by atoms with E-state index in [-0.39, 0.29) is 5.97 Å². The van der Waals surface area contributed by atoms with Crippen LogP contribution < -0.4 is 0 Å². The average molecular weight is 1060 g/mol. The molecule has 1 amide bonds. The van der Waals surface area contributed by atoms with Gasteiger partial charge in [0.2, 0.25) is 5.91 Å².